The third kappa shape index (κ3) is 11.4. The van der Waals surface area contributed by atoms with Crippen molar-refractivity contribution in [1.29, 1.82) is 0 Å². The molecule has 2 aliphatic rings. The molecule has 1 spiro atoms. The van der Waals surface area contributed by atoms with Gasteiger partial charge in [0.1, 0.15) is 17.2 Å². The lowest BCUT2D eigenvalue weighted by molar-refractivity contribution is -0.134. The van der Waals surface area contributed by atoms with E-state index in [2.05, 4.69) is 0 Å². The molecular weight excluding hydrogens is 774 g/mol. The number of aromatic carboxylic acids is 3. The summed E-state index contributed by atoms with van der Waals surface area (Å²) in [6.07, 6.45) is 0. The Morgan fingerprint density at radius 1 is 0.614 bits per heavy atom. The summed E-state index contributed by atoms with van der Waals surface area (Å²) in [6, 6.07) is 27.4. The smallest absolute Gasteiger partial charge is 0.394 e. The van der Waals surface area contributed by atoms with Gasteiger partial charge in [-0.25, -0.2) is 19.2 Å². The third-order valence-electron chi connectivity index (χ3n) is 7.36. The zero-order valence-electron chi connectivity index (χ0n) is 29.3. The number of ether oxygens (including phenoxy) is 2. The monoisotopic (exact) mass is 807 g/mol. The fourth-order valence-corrected chi connectivity index (χ4v) is 5.27. The highest BCUT2D eigenvalue weighted by Gasteiger charge is 2.53. The molecule has 0 fully saturated rings. The molecule has 7 rings (SSSR count). The van der Waals surface area contributed by atoms with Crippen molar-refractivity contribution in [2.45, 2.75) is 12.5 Å². The van der Waals surface area contributed by atoms with Crippen LogP contribution in [0, 0.1) is 0 Å². The van der Waals surface area contributed by atoms with Gasteiger partial charge in [0.2, 0.25) is 0 Å². The van der Waals surface area contributed by atoms with Gasteiger partial charge in [-0.3, -0.25) is 13.9 Å². The van der Waals surface area contributed by atoms with E-state index in [0.29, 0.717) is 34.1 Å². The fraction of sp³-hybridized carbons (Fsp3) is 0.0541. The molecule has 57 heavy (non-hydrogen) atoms. The number of nitrogen functional groups attached to an aromatic ring is 3. The number of carboxylic acids is 4. The largest absolute Gasteiger partial charge is 0.508 e. The van der Waals surface area contributed by atoms with E-state index in [1.807, 2.05) is 30.3 Å². The molecule has 13 N–H and O–H groups in total. The first kappa shape index (κ1) is 43.7. The zero-order valence-corrected chi connectivity index (χ0v) is 30.1. The maximum Gasteiger partial charge on any atom is 0.394 e. The van der Waals surface area contributed by atoms with Crippen LogP contribution in [0.15, 0.2) is 103 Å². The van der Waals surface area contributed by atoms with Crippen LogP contribution in [0.25, 0.3) is 0 Å². The van der Waals surface area contributed by atoms with E-state index >= 15 is 0 Å². The van der Waals surface area contributed by atoms with Crippen molar-refractivity contribution in [3.63, 3.8) is 0 Å². The number of rotatable bonds is 3. The quantitative estimate of drug-likeness (QED) is 0.0675. The van der Waals surface area contributed by atoms with E-state index in [0.717, 1.165) is 41.8 Å². The number of carbonyl (C=O) groups is 5. The molecule has 20 heteroatoms. The number of nitrogens with two attached hydrogens (primary N) is 3. The lowest BCUT2D eigenvalue weighted by atomic mass is 9.77. The van der Waals surface area contributed by atoms with Crippen LogP contribution >= 0.6 is 0 Å². The number of esters is 1. The van der Waals surface area contributed by atoms with Crippen LogP contribution in [-0.4, -0.2) is 72.9 Å². The van der Waals surface area contributed by atoms with E-state index < -0.39 is 51.0 Å². The summed E-state index contributed by atoms with van der Waals surface area (Å²) in [5.74, 6) is -4.06. The van der Waals surface area contributed by atoms with Crippen molar-refractivity contribution in [2.75, 3.05) is 17.2 Å². The van der Waals surface area contributed by atoms with Crippen molar-refractivity contribution in [3.05, 3.63) is 142 Å². The number of fused-ring (bicyclic) bond motifs is 6. The van der Waals surface area contributed by atoms with E-state index in [-0.39, 0.29) is 17.3 Å². The van der Waals surface area contributed by atoms with Crippen LogP contribution < -0.4 is 21.9 Å². The first-order valence-corrected chi connectivity index (χ1v) is 17.0. The summed E-state index contributed by atoms with van der Waals surface area (Å²) < 4.78 is 43.6. The SMILES string of the molecule is CC(=O)O.Nc1ccc2c(c1)Oc1cc(N)ccc1C21OC(=O)c2ccccc21.Nc1cccc(O)c1.O=C(O)c1ccc(C(=O)O)c(C(=O)O)c1.O=S(=O)(O)O. The van der Waals surface area contributed by atoms with Crippen molar-refractivity contribution in [3.8, 4) is 17.2 Å². The second kappa shape index (κ2) is 18.1. The van der Waals surface area contributed by atoms with Gasteiger partial charge < -0.3 is 52.2 Å². The van der Waals surface area contributed by atoms with Gasteiger partial charge in [0.05, 0.1) is 22.3 Å². The third-order valence-corrected chi connectivity index (χ3v) is 7.36. The standard InChI is InChI=1S/C20H14N2O3.C9H6O6.C6H7NO.C2H4O2.H2O4S/c21-11-5-7-15-17(9-11)24-18-10-12(22)6-8-16(18)20(15)14-4-2-1-3-13(14)19(23)25-20;10-7(11)4-1-2-5(8(12)13)6(3-4)9(14)15;7-5-2-1-3-6(8)4-5;1-2(3)4;1-5(2,3)4/h1-10H,21-22H2;1-3H,(H,10,11)(H,12,13)(H,14,15);1-4,8H,7H2;1H3,(H,3,4);(H2,1,2,3,4). The van der Waals surface area contributed by atoms with Crippen molar-refractivity contribution in [1.82, 2.24) is 0 Å². The van der Waals surface area contributed by atoms with Crippen molar-refractivity contribution in [2.24, 2.45) is 0 Å². The molecule has 0 atom stereocenters. The average molecular weight is 808 g/mol. The van der Waals surface area contributed by atoms with E-state index in [9.17, 15) is 19.2 Å². The first-order chi connectivity index (χ1) is 26.5. The molecule has 2 heterocycles. The Kier molecular flexibility index (Phi) is 13.9. The predicted molar refractivity (Wildman–Crippen MR) is 201 cm³/mol. The van der Waals surface area contributed by atoms with Gasteiger partial charge in [-0.2, -0.15) is 8.42 Å². The number of carbonyl (C=O) groups excluding carboxylic acids is 1. The molecular formula is C37H33N3O16S. The zero-order chi connectivity index (χ0) is 42.8. The normalized spacial score (nSPS) is 12.2. The van der Waals surface area contributed by atoms with Gasteiger partial charge >= 0.3 is 34.3 Å². The molecule has 0 amide bonds. The summed E-state index contributed by atoms with van der Waals surface area (Å²) in [5.41, 5.74) is 19.4. The lowest BCUT2D eigenvalue weighted by Crippen LogP contribution is -2.33. The van der Waals surface area contributed by atoms with Gasteiger partial charge in [-0.1, -0.05) is 24.3 Å². The number of anilines is 3. The Balaban J connectivity index is 0.000000230. The van der Waals surface area contributed by atoms with Gasteiger partial charge in [0.25, 0.3) is 5.97 Å². The second-order valence-corrected chi connectivity index (χ2v) is 12.4. The van der Waals surface area contributed by atoms with E-state index in [4.69, 9.17) is 74.5 Å². The second-order valence-electron chi connectivity index (χ2n) is 11.5. The predicted octanol–water partition coefficient (Wildman–Crippen LogP) is 4.61. The Labute approximate surface area is 322 Å². The summed E-state index contributed by atoms with van der Waals surface area (Å²) in [7, 11) is -4.67. The summed E-state index contributed by atoms with van der Waals surface area (Å²) >= 11 is 0. The fourth-order valence-electron chi connectivity index (χ4n) is 5.27. The molecule has 0 radical (unpaired) electrons. The minimum Gasteiger partial charge on any atom is -0.508 e. The van der Waals surface area contributed by atoms with Gasteiger partial charge in [0, 0.05) is 58.9 Å². The number of hydrogen-bond donors (Lipinski definition) is 10. The number of carboxylic acid groups (broad SMARTS) is 4. The molecule has 0 aromatic heterocycles. The van der Waals surface area contributed by atoms with Crippen LogP contribution in [0.3, 0.4) is 0 Å². The minimum absolute atomic E-state index is 0.213. The van der Waals surface area contributed by atoms with E-state index in [1.165, 1.54) is 6.07 Å². The molecule has 298 valence electrons. The summed E-state index contributed by atoms with van der Waals surface area (Å²) in [4.78, 5) is 53.3. The average Bonchev–Trinajstić information content (AvgIpc) is 3.39. The van der Waals surface area contributed by atoms with Crippen LogP contribution in [0.1, 0.15) is 65.0 Å². The number of benzene rings is 5. The molecule has 0 aliphatic carbocycles. The lowest BCUT2D eigenvalue weighted by Gasteiger charge is -2.36. The molecule has 5 aromatic rings. The van der Waals surface area contributed by atoms with Gasteiger partial charge in [-0.15, -0.1) is 0 Å². The maximum absolute atomic E-state index is 12.6. The van der Waals surface area contributed by atoms with E-state index in [1.54, 1.807) is 48.5 Å². The van der Waals surface area contributed by atoms with Crippen LogP contribution in [0.4, 0.5) is 17.1 Å². The Morgan fingerprint density at radius 2 is 1.11 bits per heavy atom. The molecule has 0 saturated heterocycles. The Bertz CT molecular complexity index is 2390. The number of hydrogen-bond acceptors (Lipinski definition) is 13. The number of phenols is 1. The summed E-state index contributed by atoms with van der Waals surface area (Å²) in [5, 5.41) is 42.0. The number of aliphatic carboxylic acids is 1. The maximum atomic E-state index is 12.6. The highest BCUT2D eigenvalue weighted by atomic mass is 32.3. The Morgan fingerprint density at radius 3 is 1.54 bits per heavy atom. The van der Waals surface area contributed by atoms with Crippen molar-refractivity contribution >= 4 is 57.3 Å². The minimum atomic E-state index is -4.67. The molecule has 0 unspecified atom stereocenters. The highest BCUT2D eigenvalue weighted by Crippen LogP contribution is 2.56. The van der Waals surface area contributed by atoms with Gasteiger partial charge in [0.15, 0.2) is 5.60 Å². The van der Waals surface area contributed by atoms with Gasteiger partial charge in [-0.05, 0) is 60.7 Å². The van der Waals surface area contributed by atoms with Crippen LogP contribution in [-0.2, 0) is 25.5 Å². The first-order valence-electron chi connectivity index (χ1n) is 15.6. The topological polar surface area (TPSA) is 358 Å². The van der Waals surface area contributed by atoms with Crippen LogP contribution in [0.2, 0.25) is 0 Å². The molecule has 0 bridgehead atoms. The molecule has 19 nitrogen and oxygen atoms in total. The molecule has 0 saturated carbocycles. The number of aromatic hydroxyl groups is 1. The van der Waals surface area contributed by atoms with Crippen LogP contribution in [0.5, 0.6) is 17.2 Å². The highest BCUT2D eigenvalue weighted by molar-refractivity contribution is 7.79. The summed E-state index contributed by atoms with van der Waals surface area (Å²) in [6.45, 7) is 1.08. The molecule has 5 aromatic carbocycles. The number of phenolic OH excluding ortho intramolecular Hbond substituents is 1. The van der Waals surface area contributed by atoms with Crippen molar-refractivity contribution < 1.29 is 76.5 Å². The Hall–Kier alpha value is -7.68. The molecule has 2 aliphatic heterocycles.